The monoisotopic (exact) mass is 223 g/mol. The number of hydrogen-bond acceptors (Lipinski definition) is 6. The van der Waals surface area contributed by atoms with Crippen molar-refractivity contribution >= 4 is 18.5 Å². The summed E-state index contributed by atoms with van der Waals surface area (Å²) in [6.45, 7) is 1.25. The molecule has 0 rings (SSSR count). The minimum Gasteiger partial charge on any atom is -0.354 e. The first kappa shape index (κ1) is 13.7. The van der Waals surface area contributed by atoms with Crippen molar-refractivity contribution in [1.82, 2.24) is 10.6 Å². The van der Waals surface area contributed by atoms with Gasteiger partial charge in [-0.3, -0.25) is 10.1 Å². The number of nitrogens with two attached hydrogens (primary N) is 1. The van der Waals surface area contributed by atoms with Gasteiger partial charge in [-0.2, -0.15) is 12.6 Å². The number of carbonyl (C=O) groups is 1. The largest absolute Gasteiger partial charge is 0.354 e. The van der Waals surface area contributed by atoms with Gasteiger partial charge >= 0.3 is 0 Å². The Balaban J connectivity index is 3.37. The van der Waals surface area contributed by atoms with E-state index in [1.165, 1.54) is 0 Å². The minimum atomic E-state index is -0.187. The maximum atomic E-state index is 10.7. The van der Waals surface area contributed by atoms with Crippen LogP contribution in [0.25, 0.3) is 0 Å². The van der Waals surface area contributed by atoms with Crippen LogP contribution in [-0.2, 0) is 9.68 Å². The smallest absolute Gasteiger partial charge is 0.233 e. The fourth-order valence-corrected chi connectivity index (χ4v) is 1.05. The highest BCUT2D eigenvalue weighted by atomic mass is 32.1. The normalized spacial score (nSPS) is 12.5. The van der Waals surface area contributed by atoms with E-state index < -0.39 is 0 Å². The summed E-state index contributed by atoms with van der Waals surface area (Å²) in [4.78, 5) is 14.7. The zero-order valence-electron chi connectivity index (χ0n) is 7.90. The van der Waals surface area contributed by atoms with Crippen LogP contribution in [0.15, 0.2) is 0 Å². The van der Waals surface area contributed by atoms with Gasteiger partial charge in [0.1, 0.15) is 0 Å². The van der Waals surface area contributed by atoms with Crippen LogP contribution in [0.2, 0.25) is 0 Å². The molecule has 1 amide bonds. The van der Waals surface area contributed by atoms with Crippen molar-refractivity contribution < 1.29 is 14.9 Å². The lowest BCUT2D eigenvalue weighted by Gasteiger charge is -2.14. The number of amides is 1. The number of nitrogens with one attached hydrogen (secondary N) is 2. The quantitative estimate of drug-likeness (QED) is 0.148. The number of hydrogen-bond donors (Lipinski definition) is 5. The average Bonchev–Trinajstić information content (AvgIpc) is 2.22. The van der Waals surface area contributed by atoms with Gasteiger partial charge in [0.05, 0.1) is 13.2 Å². The Labute approximate surface area is 88.5 Å². The summed E-state index contributed by atoms with van der Waals surface area (Å²) in [6.07, 6.45) is 0. The van der Waals surface area contributed by atoms with Gasteiger partial charge < -0.3 is 16.4 Å². The molecule has 0 saturated heterocycles. The fraction of sp³-hybridized carbons (Fsp3) is 0.857. The summed E-state index contributed by atoms with van der Waals surface area (Å²) >= 11 is 4.05. The second-order valence-corrected chi connectivity index (χ2v) is 3.05. The average molecular weight is 223 g/mol. The molecule has 1 atom stereocenters. The molecule has 14 heavy (non-hydrogen) atoms. The van der Waals surface area contributed by atoms with Gasteiger partial charge in [-0.25, -0.2) is 4.89 Å². The summed E-state index contributed by atoms with van der Waals surface area (Å²) in [7, 11) is 0. The topological polar surface area (TPSA) is 96.6 Å². The Morgan fingerprint density at radius 3 is 2.79 bits per heavy atom. The molecule has 0 radical (unpaired) electrons. The van der Waals surface area contributed by atoms with Crippen molar-refractivity contribution in [2.75, 3.05) is 32.0 Å². The van der Waals surface area contributed by atoms with E-state index in [9.17, 15) is 4.79 Å². The van der Waals surface area contributed by atoms with Gasteiger partial charge in [-0.1, -0.05) is 0 Å². The molecule has 0 aromatic rings. The minimum absolute atomic E-state index is 0.00422. The molecular weight excluding hydrogens is 206 g/mol. The molecule has 0 fully saturated rings. The van der Waals surface area contributed by atoms with Crippen LogP contribution < -0.4 is 16.4 Å². The molecule has 1 unspecified atom stereocenters. The number of thiol groups is 1. The lowest BCUT2D eigenvalue weighted by molar-refractivity contribution is -0.245. The summed E-state index contributed by atoms with van der Waals surface area (Å²) in [5.41, 5.74) is 5.09. The van der Waals surface area contributed by atoms with Crippen molar-refractivity contribution in [3.8, 4) is 0 Å². The Hall–Kier alpha value is -0.340. The Bertz CT molecular complexity index is 159. The van der Waals surface area contributed by atoms with Crippen LogP contribution in [0.3, 0.4) is 0 Å². The van der Waals surface area contributed by atoms with Crippen molar-refractivity contribution in [2.24, 2.45) is 5.73 Å². The van der Waals surface area contributed by atoms with E-state index >= 15 is 0 Å². The van der Waals surface area contributed by atoms with Crippen molar-refractivity contribution in [3.63, 3.8) is 0 Å². The summed E-state index contributed by atoms with van der Waals surface area (Å²) in [5.74, 6) is 0.360. The molecule has 0 aromatic carbocycles. The summed E-state index contributed by atoms with van der Waals surface area (Å²) in [5, 5.41) is 13.8. The molecule has 0 aliphatic heterocycles. The standard InChI is InChI=1S/C7H17N3O3S/c8-3-7(11)10-2-1-9-6(5-14)4-13-12/h6,9,12,14H,1-5,8H2,(H,10,11). The van der Waals surface area contributed by atoms with Crippen LogP contribution in [0.4, 0.5) is 0 Å². The van der Waals surface area contributed by atoms with Gasteiger partial charge in [0.25, 0.3) is 0 Å². The highest BCUT2D eigenvalue weighted by Gasteiger charge is 2.05. The van der Waals surface area contributed by atoms with E-state index in [-0.39, 0.29) is 25.1 Å². The summed E-state index contributed by atoms with van der Waals surface area (Å²) in [6, 6.07) is -0.0295. The van der Waals surface area contributed by atoms with E-state index in [4.69, 9.17) is 11.0 Å². The van der Waals surface area contributed by atoms with Gasteiger partial charge in [0.2, 0.25) is 5.91 Å². The lowest BCUT2D eigenvalue weighted by Crippen LogP contribution is -2.41. The molecule has 0 heterocycles. The van der Waals surface area contributed by atoms with Crippen LogP contribution in [0, 0.1) is 0 Å². The summed E-state index contributed by atoms with van der Waals surface area (Å²) < 4.78 is 0. The maximum absolute atomic E-state index is 10.7. The number of rotatable bonds is 8. The molecule has 0 saturated carbocycles. The van der Waals surface area contributed by atoms with Crippen molar-refractivity contribution in [3.05, 3.63) is 0 Å². The zero-order chi connectivity index (χ0) is 10.8. The SMILES string of the molecule is NCC(=O)NCCNC(CS)COO. The van der Waals surface area contributed by atoms with Crippen molar-refractivity contribution in [2.45, 2.75) is 6.04 Å². The van der Waals surface area contributed by atoms with Gasteiger partial charge in [-0.05, 0) is 0 Å². The Morgan fingerprint density at radius 1 is 1.57 bits per heavy atom. The van der Waals surface area contributed by atoms with E-state index in [0.29, 0.717) is 18.8 Å². The van der Waals surface area contributed by atoms with Gasteiger partial charge in [-0.15, -0.1) is 0 Å². The van der Waals surface area contributed by atoms with E-state index in [2.05, 4.69) is 28.1 Å². The predicted molar refractivity (Wildman–Crippen MR) is 56.3 cm³/mol. The molecule has 84 valence electrons. The van der Waals surface area contributed by atoms with Crippen LogP contribution in [-0.4, -0.2) is 49.2 Å². The first-order chi connectivity index (χ1) is 6.74. The maximum Gasteiger partial charge on any atom is 0.233 e. The van der Waals surface area contributed by atoms with Crippen LogP contribution in [0.5, 0.6) is 0 Å². The van der Waals surface area contributed by atoms with E-state index in [1.54, 1.807) is 0 Å². The van der Waals surface area contributed by atoms with E-state index in [1.807, 2.05) is 0 Å². The van der Waals surface area contributed by atoms with Crippen LogP contribution in [0.1, 0.15) is 0 Å². The number of carbonyl (C=O) groups excluding carboxylic acids is 1. The molecule has 5 N–H and O–H groups in total. The second kappa shape index (κ2) is 9.22. The Morgan fingerprint density at radius 2 is 2.29 bits per heavy atom. The molecule has 0 aromatic heterocycles. The third-order valence-electron chi connectivity index (χ3n) is 1.56. The highest BCUT2D eigenvalue weighted by molar-refractivity contribution is 7.80. The first-order valence-electron chi connectivity index (χ1n) is 4.32. The zero-order valence-corrected chi connectivity index (χ0v) is 8.80. The van der Waals surface area contributed by atoms with Crippen molar-refractivity contribution in [1.29, 1.82) is 0 Å². The third-order valence-corrected chi connectivity index (χ3v) is 2.00. The second-order valence-electron chi connectivity index (χ2n) is 2.68. The molecule has 6 nitrogen and oxygen atoms in total. The predicted octanol–water partition coefficient (Wildman–Crippen LogP) is -1.56. The Kier molecular flexibility index (Phi) is 9.00. The highest BCUT2D eigenvalue weighted by Crippen LogP contribution is 1.87. The fourth-order valence-electron chi connectivity index (χ4n) is 0.817. The molecular formula is C7H17N3O3S. The van der Waals surface area contributed by atoms with Crippen LogP contribution >= 0.6 is 12.6 Å². The van der Waals surface area contributed by atoms with Gasteiger partial charge in [0, 0.05) is 24.9 Å². The molecule has 0 aliphatic rings. The molecule has 0 aliphatic carbocycles. The van der Waals surface area contributed by atoms with E-state index in [0.717, 1.165) is 0 Å². The third kappa shape index (κ3) is 7.10. The molecule has 0 bridgehead atoms. The lowest BCUT2D eigenvalue weighted by atomic mass is 10.3. The molecule has 7 heteroatoms. The molecule has 0 spiro atoms. The first-order valence-corrected chi connectivity index (χ1v) is 4.95. The van der Waals surface area contributed by atoms with Gasteiger partial charge in [0.15, 0.2) is 0 Å².